The first-order valence-corrected chi connectivity index (χ1v) is 7.49. The van der Waals surface area contributed by atoms with Crippen LogP contribution in [0.25, 0.3) is 0 Å². The summed E-state index contributed by atoms with van der Waals surface area (Å²) in [5.41, 5.74) is 0. The zero-order valence-electron chi connectivity index (χ0n) is 10.2. The van der Waals surface area contributed by atoms with Crippen molar-refractivity contribution in [2.75, 3.05) is 13.2 Å². The van der Waals surface area contributed by atoms with Gasteiger partial charge in [-0.15, -0.1) is 0 Å². The molecule has 0 saturated heterocycles. The Kier molecular flexibility index (Phi) is 7.04. The van der Waals surface area contributed by atoms with Crippen LogP contribution in [0.5, 0.6) is 0 Å². The first-order valence-electron chi connectivity index (χ1n) is 5.19. The highest BCUT2D eigenvalue weighted by Crippen LogP contribution is 2.64. The normalized spacial score (nSPS) is 12.9. The number of ether oxygens (including phenoxy) is 1. The molecule has 0 unspecified atom stereocenters. The van der Waals surface area contributed by atoms with E-state index in [9.17, 15) is 9.36 Å². The zero-order chi connectivity index (χ0) is 13.7. The van der Waals surface area contributed by atoms with Crippen LogP contribution in [-0.4, -0.2) is 29.4 Å². The van der Waals surface area contributed by atoms with Crippen LogP contribution in [0, 0.1) is 0 Å². The second kappa shape index (κ2) is 6.95. The average molecular weight is 307 g/mol. The molecule has 0 saturated carbocycles. The van der Waals surface area contributed by atoms with Crippen molar-refractivity contribution in [2.45, 2.75) is 37.9 Å². The Bertz CT molecular complexity index is 296. The van der Waals surface area contributed by atoms with Gasteiger partial charge in [0.1, 0.15) is 0 Å². The Morgan fingerprint density at radius 1 is 1.24 bits per heavy atom. The molecule has 0 heterocycles. The summed E-state index contributed by atoms with van der Waals surface area (Å²) < 4.78 is 24.5. The predicted octanol–water partition coefficient (Wildman–Crippen LogP) is 3.34. The Hall–Kier alpha value is 0.200. The minimum Gasteiger partial charge on any atom is -0.460 e. The van der Waals surface area contributed by atoms with Gasteiger partial charge in [-0.3, -0.25) is 4.57 Å². The van der Waals surface area contributed by atoms with Gasteiger partial charge in [0.05, 0.1) is 19.3 Å². The molecule has 0 radical (unpaired) electrons. The maximum absolute atomic E-state index is 12.2. The van der Waals surface area contributed by atoms with Gasteiger partial charge in [0.15, 0.2) is 0 Å². The molecule has 5 nitrogen and oxygen atoms in total. The van der Waals surface area contributed by atoms with Crippen LogP contribution in [0.15, 0.2) is 0 Å². The van der Waals surface area contributed by atoms with Crippen molar-refractivity contribution < 1.29 is 23.1 Å². The summed E-state index contributed by atoms with van der Waals surface area (Å²) >= 11 is 11.5. The van der Waals surface area contributed by atoms with Crippen LogP contribution in [0.3, 0.4) is 0 Å². The molecule has 0 aromatic carbocycles. The average Bonchev–Trinajstić information content (AvgIpc) is 2.16. The van der Waals surface area contributed by atoms with Crippen molar-refractivity contribution in [3.63, 3.8) is 0 Å². The topological polar surface area (TPSA) is 61.8 Å². The monoisotopic (exact) mass is 306 g/mol. The third-order valence-electron chi connectivity index (χ3n) is 1.53. The summed E-state index contributed by atoms with van der Waals surface area (Å²) in [5, 5.41) is 0. The van der Waals surface area contributed by atoms with E-state index >= 15 is 0 Å². The van der Waals surface area contributed by atoms with Gasteiger partial charge in [-0.05, 0) is 27.7 Å². The summed E-state index contributed by atoms with van der Waals surface area (Å²) in [6.07, 6.45) is -0.434. The Labute approximate surface area is 111 Å². The Balaban J connectivity index is 5.07. The van der Waals surface area contributed by atoms with Gasteiger partial charge in [0.2, 0.25) is 0 Å². The van der Waals surface area contributed by atoms with E-state index in [-0.39, 0.29) is 13.2 Å². The van der Waals surface area contributed by atoms with Crippen molar-refractivity contribution >= 4 is 36.8 Å². The van der Waals surface area contributed by atoms with Gasteiger partial charge in [-0.25, -0.2) is 4.79 Å². The molecule has 0 N–H and O–H groups in total. The number of hydrogen-bond acceptors (Lipinski definition) is 5. The van der Waals surface area contributed by atoms with E-state index in [2.05, 4.69) is 0 Å². The van der Waals surface area contributed by atoms with Gasteiger partial charge in [-0.1, -0.05) is 23.2 Å². The molecule has 0 aromatic rings. The quantitative estimate of drug-likeness (QED) is 0.410. The van der Waals surface area contributed by atoms with Gasteiger partial charge in [-0.2, -0.15) is 0 Å². The fourth-order valence-electron chi connectivity index (χ4n) is 0.936. The van der Waals surface area contributed by atoms with Crippen LogP contribution in [0.1, 0.15) is 27.7 Å². The van der Waals surface area contributed by atoms with Crippen LogP contribution in [0.4, 0.5) is 0 Å². The van der Waals surface area contributed by atoms with Crippen LogP contribution in [0.2, 0.25) is 0 Å². The molecular formula is C9H17Cl2O5P. The van der Waals surface area contributed by atoms with Crippen LogP contribution in [-0.2, 0) is 23.1 Å². The number of alkyl halides is 2. The molecule has 0 fully saturated rings. The first-order chi connectivity index (χ1) is 7.71. The van der Waals surface area contributed by atoms with Crippen molar-refractivity contribution in [3.8, 4) is 0 Å². The maximum atomic E-state index is 12.2. The van der Waals surface area contributed by atoms with Crippen LogP contribution >= 0.6 is 30.8 Å². The molecule has 0 bridgehead atoms. The highest BCUT2D eigenvalue weighted by atomic mass is 35.5. The largest absolute Gasteiger partial charge is 0.460 e. The molecule has 0 amide bonds. The summed E-state index contributed by atoms with van der Waals surface area (Å²) in [7, 11) is -3.98. The van der Waals surface area contributed by atoms with Gasteiger partial charge in [0, 0.05) is 0 Å². The van der Waals surface area contributed by atoms with Gasteiger partial charge >= 0.3 is 17.6 Å². The minimum atomic E-state index is -3.98. The molecule has 102 valence electrons. The standard InChI is InChI=1S/C9H17Cl2O5P/c1-5-14-17(13,15-6-2)9(10,11)8(12)16-7(3)4/h7H,5-6H2,1-4H3. The van der Waals surface area contributed by atoms with E-state index in [1.807, 2.05) is 0 Å². The third kappa shape index (κ3) is 4.42. The molecule has 0 aromatic heterocycles. The molecule has 0 aliphatic rings. The van der Waals surface area contributed by atoms with E-state index in [0.29, 0.717) is 0 Å². The fourth-order valence-corrected chi connectivity index (χ4v) is 2.97. The lowest BCUT2D eigenvalue weighted by Crippen LogP contribution is -2.32. The zero-order valence-corrected chi connectivity index (χ0v) is 12.6. The minimum absolute atomic E-state index is 0.0490. The lowest BCUT2D eigenvalue weighted by atomic mass is 10.5. The number of halogens is 2. The van der Waals surface area contributed by atoms with Crippen molar-refractivity contribution in [3.05, 3.63) is 0 Å². The fraction of sp³-hybridized carbons (Fsp3) is 0.889. The van der Waals surface area contributed by atoms with Crippen molar-refractivity contribution in [1.29, 1.82) is 0 Å². The molecule has 0 aliphatic heterocycles. The third-order valence-corrected chi connectivity index (χ3v) is 5.15. The molecule has 0 aliphatic carbocycles. The first kappa shape index (κ1) is 17.2. The lowest BCUT2D eigenvalue weighted by molar-refractivity contribution is -0.146. The number of carbonyl (C=O) groups excluding carboxylic acids is 1. The molecule has 0 rings (SSSR count). The summed E-state index contributed by atoms with van der Waals surface area (Å²) in [6, 6.07) is 0. The van der Waals surface area contributed by atoms with Crippen LogP contribution < -0.4 is 0 Å². The highest BCUT2D eigenvalue weighted by molar-refractivity contribution is 7.61. The lowest BCUT2D eigenvalue weighted by Gasteiger charge is -2.27. The van der Waals surface area contributed by atoms with E-state index in [4.69, 9.17) is 37.0 Å². The molecular weight excluding hydrogens is 290 g/mol. The molecule has 8 heteroatoms. The molecule has 0 spiro atoms. The summed E-state index contributed by atoms with van der Waals surface area (Å²) in [6.45, 7) is 6.51. The number of esters is 1. The second-order valence-electron chi connectivity index (χ2n) is 3.33. The SMILES string of the molecule is CCOP(=O)(OCC)C(Cl)(Cl)C(=O)OC(C)C. The Morgan fingerprint density at radius 2 is 1.65 bits per heavy atom. The highest BCUT2D eigenvalue weighted by Gasteiger charge is 2.56. The summed E-state index contributed by atoms with van der Waals surface area (Å²) in [5.74, 6) is -1.04. The number of carbonyl (C=O) groups is 1. The van der Waals surface area contributed by atoms with Gasteiger partial charge < -0.3 is 13.8 Å². The number of rotatable bonds is 7. The predicted molar refractivity (Wildman–Crippen MR) is 66.5 cm³/mol. The van der Waals surface area contributed by atoms with E-state index in [1.165, 1.54) is 0 Å². The Morgan fingerprint density at radius 3 is 1.94 bits per heavy atom. The second-order valence-corrected chi connectivity index (χ2v) is 7.36. The molecule has 0 atom stereocenters. The molecule has 17 heavy (non-hydrogen) atoms. The van der Waals surface area contributed by atoms with E-state index in [1.54, 1.807) is 27.7 Å². The van der Waals surface area contributed by atoms with Gasteiger partial charge in [0.25, 0.3) is 0 Å². The smallest absolute Gasteiger partial charge is 0.378 e. The van der Waals surface area contributed by atoms with Crippen molar-refractivity contribution in [2.24, 2.45) is 0 Å². The van der Waals surface area contributed by atoms with E-state index in [0.717, 1.165) is 0 Å². The van der Waals surface area contributed by atoms with E-state index < -0.39 is 23.7 Å². The maximum Gasteiger partial charge on any atom is 0.378 e. The van der Waals surface area contributed by atoms with Crippen molar-refractivity contribution in [1.82, 2.24) is 0 Å². The number of hydrogen-bond donors (Lipinski definition) is 0. The summed E-state index contributed by atoms with van der Waals surface area (Å²) in [4.78, 5) is 11.7.